The van der Waals surface area contributed by atoms with Crippen LogP contribution in [0.4, 0.5) is 23.0 Å². The number of anilines is 4. The number of aromatic nitrogens is 2. The van der Waals surface area contributed by atoms with Crippen LogP contribution in [0.15, 0.2) is 79.1 Å². The van der Waals surface area contributed by atoms with Crippen LogP contribution in [0, 0.1) is 0 Å². The third kappa shape index (κ3) is 4.10. The molecule has 1 spiro atoms. The molecule has 0 bridgehead atoms. The Morgan fingerprint density at radius 3 is 2.66 bits per heavy atom. The molecule has 1 amide bonds. The highest BCUT2D eigenvalue weighted by atomic mass is 16.2. The summed E-state index contributed by atoms with van der Waals surface area (Å²) in [4.78, 5) is 34.6. The summed E-state index contributed by atoms with van der Waals surface area (Å²) in [5, 5.41) is 6.16. The van der Waals surface area contributed by atoms with E-state index in [2.05, 4.69) is 75.9 Å². The lowest BCUT2D eigenvalue weighted by atomic mass is 9.79. The van der Waals surface area contributed by atoms with Crippen molar-refractivity contribution in [2.75, 3.05) is 22.6 Å². The molecular formula is C31H29N5O2. The van der Waals surface area contributed by atoms with Gasteiger partial charge in [0.1, 0.15) is 17.9 Å². The fourth-order valence-corrected chi connectivity index (χ4v) is 5.80. The van der Waals surface area contributed by atoms with Crippen molar-refractivity contribution in [3.8, 4) is 0 Å². The molecule has 4 heterocycles. The SMILES string of the molecule is CC1Cc2ccccc2N1C.O=Cc1ccnc(Nc2ccc3c(c2)CC2(C3)C(=O)Nc3ncccc32)c1. The molecule has 2 unspecified atom stereocenters. The van der Waals surface area contributed by atoms with Crippen molar-refractivity contribution in [2.24, 2.45) is 0 Å². The largest absolute Gasteiger partial charge is 0.371 e. The number of fused-ring (bicyclic) bond motifs is 4. The Hall–Kier alpha value is -4.52. The molecule has 2 aromatic heterocycles. The molecule has 2 aliphatic heterocycles. The van der Waals surface area contributed by atoms with Crippen LogP contribution in [0.25, 0.3) is 0 Å². The summed E-state index contributed by atoms with van der Waals surface area (Å²) < 4.78 is 0. The number of nitrogens with zero attached hydrogens (tertiary/aromatic N) is 3. The maximum Gasteiger partial charge on any atom is 0.237 e. The highest BCUT2D eigenvalue weighted by Crippen LogP contribution is 2.47. The van der Waals surface area contributed by atoms with Gasteiger partial charge >= 0.3 is 0 Å². The lowest BCUT2D eigenvalue weighted by Gasteiger charge is -2.20. The van der Waals surface area contributed by atoms with Crippen LogP contribution in [-0.4, -0.2) is 35.3 Å². The number of carbonyl (C=O) groups is 2. The topological polar surface area (TPSA) is 87.2 Å². The lowest BCUT2D eigenvalue weighted by Crippen LogP contribution is -2.35. The molecule has 7 rings (SSSR count). The number of pyridine rings is 2. The van der Waals surface area contributed by atoms with Gasteiger partial charge in [0.05, 0.1) is 5.41 Å². The van der Waals surface area contributed by atoms with E-state index in [9.17, 15) is 9.59 Å². The second-order valence-corrected chi connectivity index (χ2v) is 10.3. The van der Waals surface area contributed by atoms with Crippen molar-refractivity contribution >= 4 is 35.2 Å². The molecule has 190 valence electrons. The summed E-state index contributed by atoms with van der Waals surface area (Å²) in [7, 11) is 2.16. The van der Waals surface area contributed by atoms with Crippen LogP contribution in [0.1, 0.15) is 39.5 Å². The number of nitrogens with one attached hydrogen (secondary N) is 2. The highest BCUT2D eigenvalue weighted by molar-refractivity contribution is 6.06. The molecule has 1 aliphatic carbocycles. The molecule has 7 nitrogen and oxygen atoms in total. The number of benzene rings is 2. The van der Waals surface area contributed by atoms with Crippen LogP contribution < -0.4 is 15.5 Å². The zero-order chi connectivity index (χ0) is 26.3. The van der Waals surface area contributed by atoms with Gasteiger partial charge < -0.3 is 15.5 Å². The minimum absolute atomic E-state index is 0.0160. The second kappa shape index (κ2) is 9.41. The standard InChI is InChI=1S/C21H16N4O2.C10H13N/c26-12-13-5-7-22-18(8-13)24-16-4-3-14-10-21(11-15(14)9-16)17-2-1-6-23-19(17)25-20(21)27;1-8-7-9-5-3-4-6-10(9)11(8)2/h1-9,12H,10-11H2,(H,22,24)(H,23,25,27);3-6,8H,7H2,1-2H3. The predicted octanol–water partition coefficient (Wildman–Crippen LogP) is 5.09. The van der Waals surface area contributed by atoms with E-state index in [1.54, 1.807) is 24.5 Å². The van der Waals surface area contributed by atoms with Crippen LogP contribution in [0.5, 0.6) is 0 Å². The molecule has 3 aliphatic rings. The number of hydrogen-bond donors (Lipinski definition) is 2. The maximum absolute atomic E-state index is 12.8. The molecule has 0 saturated heterocycles. The Morgan fingerprint density at radius 2 is 1.82 bits per heavy atom. The van der Waals surface area contributed by atoms with Crippen molar-refractivity contribution in [3.05, 3.63) is 107 Å². The average molecular weight is 504 g/mol. The van der Waals surface area contributed by atoms with Crippen molar-refractivity contribution in [3.63, 3.8) is 0 Å². The molecule has 2 atom stereocenters. The van der Waals surface area contributed by atoms with E-state index in [0.29, 0.717) is 36.1 Å². The number of likely N-dealkylation sites (N-methyl/N-ethyl adjacent to an activating group) is 1. The van der Waals surface area contributed by atoms with Gasteiger partial charge in [0.2, 0.25) is 5.91 Å². The summed E-state index contributed by atoms with van der Waals surface area (Å²) in [5.41, 5.74) is 7.05. The Kier molecular flexibility index (Phi) is 5.91. The molecular weight excluding hydrogens is 474 g/mol. The first-order valence-corrected chi connectivity index (χ1v) is 12.8. The summed E-state index contributed by atoms with van der Waals surface area (Å²) in [6.45, 7) is 2.26. The third-order valence-corrected chi connectivity index (χ3v) is 7.92. The zero-order valence-corrected chi connectivity index (χ0v) is 21.4. The highest BCUT2D eigenvalue weighted by Gasteiger charge is 2.51. The summed E-state index contributed by atoms with van der Waals surface area (Å²) in [5.74, 6) is 1.30. The Balaban J connectivity index is 0.000000200. The van der Waals surface area contributed by atoms with Crippen LogP contribution in [0.3, 0.4) is 0 Å². The van der Waals surface area contributed by atoms with E-state index in [1.165, 1.54) is 23.2 Å². The Morgan fingerprint density at radius 1 is 0.974 bits per heavy atom. The van der Waals surface area contributed by atoms with Crippen molar-refractivity contribution in [1.29, 1.82) is 0 Å². The molecule has 2 N–H and O–H groups in total. The molecule has 38 heavy (non-hydrogen) atoms. The molecule has 4 aromatic rings. The summed E-state index contributed by atoms with van der Waals surface area (Å²) in [6, 6.07) is 22.6. The second-order valence-electron chi connectivity index (χ2n) is 10.3. The number of rotatable bonds is 3. The minimum Gasteiger partial charge on any atom is -0.371 e. The number of aldehydes is 1. The summed E-state index contributed by atoms with van der Waals surface area (Å²) in [6.07, 6.45) is 6.61. The zero-order valence-electron chi connectivity index (χ0n) is 21.4. The van der Waals surface area contributed by atoms with Crippen molar-refractivity contribution in [2.45, 2.75) is 37.6 Å². The number of hydrogen-bond acceptors (Lipinski definition) is 6. The molecule has 0 fully saturated rings. The Bertz CT molecular complexity index is 1550. The lowest BCUT2D eigenvalue weighted by molar-refractivity contribution is -0.120. The number of carbonyl (C=O) groups excluding carboxylic acids is 2. The number of para-hydroxylation sites is 1. The van der Waals surface area contributed by atoms with E-state index in [0.717, 1.165) is 23.1 Å². The van der Waals surface area contributed by atoms with Gasteiger partial charge in [-0.15, -0.1) is 0 Å². The van der Waals surface area contributed by atoms with E-state index >= 15 is 0 Å². The first kappa shape index (κ1) is 23.9. The van der Waals surface area contributed by atoms with Gasteiger partial charge in [-0.2, -0.15) is 0 Å². The predicted molar refractivity (Wildman–Crippen MR) is 149 cm³/mol. The van der Waals surface area contributed by atoms with Gasteiger partial charge in [0.15, 0.2) is 0 Å². The average Bonchev–Trinajstić information content (AvgIpc) is 3.55. The van der Waals surface area contributed by atoms with E-state index in [1.807, 2.05) is 18.2 Å². The summed E-state index contributed by atoms with van der Waals surface area (Å²) >= 11 is 0. The van der Waals surface area contributed by atoms with Gasteiger partial charge in [-0.3, -0.25) is 9.59 Å². The normalized spacial score (nSPS) is 20.2. The van der Waals surface area contributed by atoms with Crippen LogP contribution >= 0.6 is 0 Å². The van der Waals surface area contributed by atoms with E-state index in [-0.39, 0.29) is 5.91 Å². The van der Waals surface area contributed by atoms with Crippen LogP contribution in [0.2, 0.25) is 0 Å². The van der Waals surface area contributed by atoms with Gasteiger partial charge in [-0.05, 0) is 79.3 Å². The van der Waals surface area contributed by atoms with Crippen molar-refractivity contribution in [1.82, 2.24) is 9.97 Å². The number of amides is 1. The van der Waals surface area contributed by atoms with E-state index < -0.39 is 5.41 Å². The first-order valence-electron chi connectivity index (χ1n) is 12.8. The quantitative estimate of drug-likeness (QED) is 0.379. The Labute approximate surface area is 221 Å². The maximum atomic E-state index is 12.8. The smallest absolute Gasteiger partial charge is 0.237 e. The third-order valence-electron chi connectivity index (χ3n) is 7.92. The first-order chi connectivity index (χ1) is 18.5. The molecule has 7 heteroatoms. The van der Waals surface area contributed by atoms with E-state index in [4.69, 9.17) is 0 Å². The van der Waals surface area contributed by atoms with Gasteiger partial charge in [-0.1, -0.05) is 30.3 Å². The molecule has 0 saturated carbocycles. The molecule has 0 radical (unpaired) electrons. The van der Waals surface area contributed by atoms with Gasteiger partial charge in [0.25, 0.3) is 0 Å². The van der Waals surface area contributed by atoms with Gasteiger partial charge in [-0.25, -0.2) is 9.97 Å². The fraction of sp³-hybridized carbons (Fsp3) is 0.226. The molecule has 2 aromatic carbocycles. The minimum atomic E-state index is -0.569. The van der Waals surface area contributed by atoms with Gasteiger partial charge in [0, 0.05) is 48.0 Å². The fourth-order valence-electron chi connectivity index (χ4n) is 5.80. The monoisotopic (exact) mass is 503 g/mol. The van der Waals surface area contributed by atoms with Crippen LogP contribution in [-0.2, 0) is 29.5 Å². The van der Waals surface area contributed by atoms with Crippen molar-refractivity contribution < 1.29 is 9.59 Å².